The molecule has 1 fully saturated rings. The van der Waals surface area contributed by atoms with Gasteiger partial charge >= 0.3 is 24.1 Å². The van der Waals surface area contributed by atoms with Crippen molar-refractivity contribution < 1.29 is 40.7 Å². The van der Waals surface area contributed by atoms with Crippen LogP contribution < -0.4 is 0 Å². The Bertz CT molecular complexity index is 444. The monoisotopic (exact) mass is 319 g/mol. The molecule has 0 aliphatic carbocycles. The molecule has 0 bridgehead atoms. The van der Waals surface area contributed by atoms with Crippen LogP contribution in [0.15, 0.2) is 11.9 Å². The fourth-order valence-electron chi connectivity index (χ4n) is 1.85. The maximum atomic E-state index is 12.4. The van der Waals surface area contributed by atoms with Crippen molar-refractivity contribution in [3.63, 3.8) is 0 Å². The zero-order valence-corrected chi connectivity index (χ0v) is 10.6. The molecule has 0 saturated carbocycles. The Balaban J connectivity index is 2.57. The Kier molecular flexibility index (Phi) is 5.62. The van der Waals surface area contributed by atoms with Gasteiger partial charge in [-0.3, -0.25) is 4.79 Å². The van der Waals surface area contributed by atoms with Crippen LogP contribution in [0, 0.1) is 0 Å². The third-order valence-electron chi connectivity index (χ3n) is 2.80. The predicted octanol–water partition coefficient (Wildman–Crippen LogP) is 2.55. The Morgan fingerprint density at radius 2 is 1.81 bits per heavy atom. The van der Waals surface area contributed by atoms with Gasteiger partial charge in [-0.1, -0.05) is 0 Å². The van der Waals surface area contributed by atoms with Crippen LogP contribution in [-0.4, -0.2) is 42.1 Å². The molecule has 0 aromatic heterocycles. The highest BCUT2D eigenvalue weighted by molar-refractivity contribution is 5.88. The Labute approximate surface area is 115 Å². The molecule has 0 aromatic rings. The van der Waals surface area contributed by atoms with Crippen molar-refractivity contribution in [2.45, 2.75) is 31.5 Å². The maximum absolute atomic E-state index is 12.4. The molecule has 1 saturated heterocycles. The van der Waals surface area contributed by atoms with E-state index >= 15 is 0 Å². The van der Waals surface area contributed by atoms with E-state index in [1.54, 1.807) is 0 Å². The highest BCUT2D eigenvalue weighted by atomic mass is 19.4. The van der Waals surface area contributed by atoms with E-state index in [4.69, 9.17) is 0 Å². The highest BCUT2D eigenvalue weighted by Crippen LogP contribution is 2.26. The smallest absolute Gasteiger partial charge is 0.464 e. The molecule has 10 heteroatoms. The fourth-order valence-corrected chi connectivity index (χ4v) is 1.85. The summed E-state index contributed by atoms with van der Waals surface area (Å²) in [6, 6.07) is -1.43. The van der Waals surface area contributed by atoms with Crippen LogP contribution in [0.3, 0.4) is 0 Å². The molecule has 1 aliphatic rings. The standard InChI is InChI=1S/C11H11F6NO3/c12-6(8(13)14)3-5-21-9(19)7-2-1-4-18(7)10(20)11(15,16)17/h7H,1-5H2/t7-/m0/s1. The molecule has 1 aliphatic heterocycles. The summed E-state index contributed by atoms with van der Waals surface area (Å²) < 4.78 is 77.3. The molecule has 1 atom stereocenters. The lowest BCUT2D eigenvalue weighted by atomic mass is 10.2. The lowest BCUT2D eigenvalue weighted by Crippen LogP contribution is -2.47. The van der Waals surface area contributed by atoms with E-state index < -0.39 is 49.0 Å². The van der Waals surface area contributed by atoms with Gasteiger partial charge in [0.1, 0.15) is 6.04 Å². The van der Waals surface area contributed by atoms with Crippen LogP contribution in [0.1, 0.15) is 19.3 Å². The molecule has 0 aromatic carbocycles. The SMILES string of the molecule is O=C(OCCC(F)=C(F)F)[C@@H]1CCCN1C(=O)C(F)(F)F. The maximum Gasteiger partial charge on any atom is 0.471 e. The summed E-state index contributed by atoms with van der Waals surface area (Å²) in [5, 5.41) is 0. The van der Waals surface area contributed by atoms with E-state index in [1.807, 2.05) is 0 Å². The Hall–Kier alpha value is -1.74. The first kappa shape index (κ1) is 17.3. The van der Waals surface area contributed by atoms with Crippen LogP contribution in [0.2, 0.25) is 0 Å². The van der Waals surface area contributed by atoms with E-state index in [-0.39, 0.29) is 19.4 Å². The summed E-state index contributed by atoms with van der Waals surface area (Å²) in [6.45, 7) is -1.00. The zero-order valence-electron chi connectivity index (χ0n) is 10.6. The number of alkyl halides is 3. The topological polar surface area (TPSA) is 46.6 Å². The molecule has 120 valence electrons. The second-order valence-corrected chi connectivity index (χ2v) is 4.24. The molecule has 1 heterocycles. The molecule has 21 heavy (non-hydrogen) atoms. The third kappa shape index (κ3) is 4.64. The summed E-state index contributed by atoms with van der Waals surface area (Å²) in [6.07, 6.45) is -8.41. The van der Waals surface area contributed by atoms with Gasteiger partial charge in [0, 0.05) is 13.0 Å². The van der Waals surface area contributed by atoms with E-state index in [1.165, 1.54) is 0 Å². The lowest BCUT2D eigenvalue weighted by molar-refractivity contribution is -0.188. The summed E-state index contributed by atoms with van der Waals surface area (Å²) in [7, 11) is 0. The van der Waals surface area contributed by atoms with Crippen LogP contribution in [-0.2, 0) is 14.3 Å². The van der Waals surface area contributed by atoms with Crippen LogP contribution >= 0.6 is 0 Å². The zero-order chi connectivity index (χ0) is 16.2. The number of amides is 1. The van der Waals surface area contributed by atoms with Crippen molar-refractivity contribution in [1.82, 2.24) is 4.90 Å². The van der Waals surface area contributed by atoms with Crippen molar-refractivity contribution >= 4 is 11.9 Å². The number of carbonyl (C=O) groups is 2. The molecule has 0 unspecified atom stereocenters. The first-order valence-corrected chi connectivity index (χ1v) is 5.88. The van der Waals surface area contributed by atoms with E-state index in [9.17, 15) is 35.9 Å². The van der Waals surface area contributed by atoms with E-state index in [0.29, 0.717) is 4.90 Å². The van der Waals surface area contributed by atoms with Crippen molar-refractivity contribution in [1.29, 1.82) is 0 Å². The van der Waals surface area contributed by atoms with E-state index in [0.717, 1.165) is 0 Å². The second-order valence-electron chi connectivity index (χ2n) is 4.24. The average Bonchev–Trinajstić information content (AvgIpc) is 2.85. The minimum atomic E-state index is -5.12. The molecule has 0 N–H and O–H groups in total. The van der Waals surface area contributed by atoms with Crippen LogP contribution in [0.25, 0.3) is 0 Å². The number of carbonyl (C=O) groups excluding carboxylic acids is 2. The van der Waals surface area contributed by atoms with Gasteiger partial charge in [-0.25, -0.2) is 9.18 Å². The van der Waals surface area contributed by atoms with Gasteiger partial charge in [0.15, 0.2) is 5.83 Å². The first-order valence-electron chi connectivity index (χ1n) is 5.88. The first-order chi connectivity index (χ1) is 9.64. The van der Waals surface area contributed by atoms with Crippen molar-refractivity contribution in [2.24, 2.45) is 0 Å². The summed E-state index contributed by atoms with van der Waals surface area (Å²) in [5.41, 5.74) is 0. The quantitative estimate of drug-likeness (QED) is 0.591. The van der Waals surface area contributed by atoms with Crippen molar-refractivity contribution in [2.75, 3.05) is 13.2 Å². The van der Waals surface area contributed by atoms with Crippen LogP contribution in [0.4, 0.5) is 26.3 Å². The minimum absolute atomic E-state index is 0.0313. The molecule has 4 nitrogen and oxygen atoms in total. The van der Waals surface area contributed by atoms with Gasteiger partial charge in [-0.2, -0.15) is 22.0 Å². The Morgan fingerprint density at radius 1 is 1.19 bits per heavy atom. The minimum Gasteiger partial charge on any atom is -0.464 e. The number of likely N-dealkylation sites (tertiary alicyclic amines) is 1. The van der Waals surface area contributed by atoms with Gasteiger partial charge in [0.05, 0.1) is 6.61 Å². The van der Waals surface area contributed by atoms with Gasteiger partial charge in [-0.15, -0.1) is 0 Å². The number of ether oxygens (including phenoxy) is 1. The number of halogens is 6. The number of rotatable bonds is 4. The normalized spacial score (nSPS) is 18.6. The molecule has 1 rings (SSSR count). The molecular weight excluding hydrogens is 308 g/mol. The number of nitrogens with zero attached hydrogens (tertiary/aromatic N) is 1. The van der Waals surface area contributed by atoms with Crippen LogP contribution in [0.5, 0.6) is 0 Å². The predicted molar refractivity (Wildman–Crippen MR) is 56.7 cm³/mol. The molecule has 1 amide bonds. The number of hydrogen-bond donors (Lipinski definition) is 0. The van der Waals surface area contributed by atoms with Gasteiger partial charge < -0.3 is 9.64 Å². The summed E-state index contributed by atoms with van der Waals surface area (Å²) >= 11 is 0. The van der Waals surface area contributed by atoms with Crippen molar-refractivity contribution in [3.8, 4) is 0 Å². The van der Waals surface area contributed by atoms with Gasteiger partial charge in [0.2, 0.25) is 0 Å². The highest BCUT2D eigenvalue weighted by Gasteiger charge is 2.48. The van der Waals surface area contributed by atoms with Crippen molar-refractivity contribution in [3.05, 3.63) is 11.9 Å². The molecular formula is C11H11F6NO3. The lowest BCUT2D eigenvalue weighted by Gasteiger charge is -2.23. The number of hydrogen-bond acceptors (Lipinski definition) is 3. The largest absolute Gasteiger partial charge is 0.471 e. The molecule has 0 radical (unpaired) electrons. The third-order valence-corrected chi connectivity index (χ3v) is 2.80. The average molecular weight is 319 g/mol. The summed E-state index contributed by atoms with van der Waals surface area (Å²) in [4.78, 5) is 22.9. The fraction of sp³-hybridized carbons (Fsp3) is 0.636. The van der Waals surface area contributed by atoms with Gasteiger partial charge in [0.25, 0.3) is 0 Å². The van der Waals surface area contributed by atoms with E-state index in [2.05, 4.69) is 4.74 Å². The molecule has 0 spiro atoms. The summed E-state index contributed by atoms with van der Waals surface area (Å²) in [5.74, 6) is -5.10. The second kappa shape index (κ2) is 6.81. The Morgan fingerprint density at radius 3 is 2.33 bits per heavy atom. The van der Waals surface area contributed by atoms with Gasteiger partial charge in [-0.05, 0) is 12.8 Å². The number of esters is 1.